The lowest BCUT2D eigenvalue weighted by atomic mass is 10.0. The summed E-state index contributed by atoms with van der Waals surface area (Å²) in [5.74, 6) is 0. The van der Waals surface area contributed by atoms with Gasteiger partial charge in [0.15, 0.2) is 0 Å². The van der Waals surface area contributed by atoms with E-state index >= 15 is 0 Å². The third kappa shape index (κ3) is 3.30. The number of rotatable bonds is 5. The fourth-order valence-electron chi connectivity index (χ4n) is 2.90. The quantitative estimate of drug-likeness (QED) is 0.867. The Morgan fingerprint density at radius 1 is 1.44 bits per heavy atom. The molecule has 2 rings (SSSR count). The lowest BCUT2D eigenvalue weighted by Gasteiger charge is -2.38. The van der Waals surface area contributed by atoms with Gasteiger partial charge in [-0.05, 0) is 57.0 Å². The summed E-state index contributed by atoms with van der Waals surface area (Å²) >= 11 is 0. The van der Waals surface area contributed by atoms with Gasteiger partial charge in [0, 0.05) is 31.0 Å². The summed E-state index contributed by atoms with van der Waals surface area (Å²) in [5, 5.41) is 3.53. The zero-order valence-electron chi connectivity index (χ0n) is 11.6. The third-order valence-electron chi connectivity index (χ3n) is 3.91. The molecule has 0 bridgehead atoms. The van der Waals surface area contributed by atoms with Crippen molar-refractivity contribution in [1.82, 2.24) is 15.2 Å². The third-order valence-corrected chi connectivity index (χ3v) is 3.91. The van der Waals surface area contributed by atoms with Crippen LogP contribution in [0.25, 0.3) is 0 Å². The largest absolute Gasteiger partial charge is 0.315 e. The van der Waals surface area contributed by atoms with Gasteiger partial charge in [-0.25, -0.2) is 0 Å². The van der Waals surface area contributed by atoms with E-state index in [-0.39, 0.29) is 0 Å². The fourth-order valence-corrected chi connectivity index (χ4v) is 2.90. The molecule has 0 aliphatic carbocycles. The highest BCUT2D eigenvalue weighted by molar-refractivity contribution is 5.14. The molecule has 2 atom stereocenters. The summed E-state index contributed by atoms with van der Waals surface area (Å²) in [6.45, 7) is 8.08. The Hall–Kier alpha value is -0.930. The van der Waals surface area contributed by atoms with Crippen molar-refractivity contribution in [3.8, 4) is 0 Å². The van der Waals surface area contributed by atoms with Crippen LogP contribution in [0.1, 0.15) is 44.7 Å². The molecule has 3 heteroatoms. The van der Waals surface area contributed by atoms with Gasteiger partial charge >= 0.3 is 0 Å². The summed E-state index contributed by atoms with van der Waals surface area (Å²) in [5.41, 5.74) is 1.38. The molecule has 0 amide bonds. The van der Waals surface area contributed by atoms with Crippen molar-refractivity contribution in [3.05, 3.63) is 30.1 Å². The van der Waals surface area contributed by atoms with Gasteiger partial charge in [-0.2, -0.15) is 0 Å². The molecule has 1 N–H and O–H groups in total. The number of aromatic nitrogens is 1. The van der Waals surface area contributed by atoms with Crippen LogP contribution in [0.4, 0.5) is 0 Å². The van der Waals surface area contributed by atoms with Crippen LogP contribution >= 0.6 is 0 Å². The van der Waals surface area contributed by atoms with Crippen molar-refractivity contribution in [2.45, 2.75) is 45.2 Å². The number of nitrogens with zero attached hydrogens (tertiary/aromatic N) is 2. The Balaban J connectivity index is 2.08. The molecule has 100 valence electrons. The van der Waals surface area contributed by atoms with Gasteiger partial charge in [0.2, 0.25) is 0 Å². The molecule has 0 radical (unpaired) electrons. The summed E-state index contributed by atoms with van der Waals surface area (Å²) in [6, 6.07) is 5.45. The smallest absolute Gasteiger partial charge is 0.0324 e. The molecule has 18 heavy (non-hydrogen) atoms. The second-order valence-electron chi connectivity index (χ2n) is 5.19. The van der Waals surface area contributed by atoms with Crippen molar-refractivity contribution in [3.63, 3.8) is 0 Å². The van der Waals surface area contributed by atoms with E-state index in [1.54, 1.807) is 0 Å². The molecule has 0 aromatic carbocycles. The predicted octanol–water partition coefficient (Wildman–Crippen LogP) is 2.61. The zero-order valence-corrected chi connectivity index (χ0v) is 11.6. The maximum atomic E-state index is 4.11. The molecule has 1 aromatic rings. The minimum Gasteiger partial charge on any atom is -0.315 e. The first kappa shape index (κ1) is 13.5. The molecule has 2 unspecified atom stereocenters. The average Bonchev–Trinajstić information content (AvgIpc) is 2.46. The normalized spacial score (nSPS) is 22.1. The summed E-state index contributed by atoms with van der Waals surface area (Å²) < 4.78 is 0. The van der Waals surface area contributed by atoms with E-state index in [0.717, 1.165) is 6.54 Å². The van der Waals surface area contributed by atoms with Crippen molar-refractivity contribution < 1.29 is 0 Å². The molecule has 1 fully saturated rings. The Morgan fingerprint density at radius 2 is 2.22 bits per heavy atom. The number of hydrogen-bond acceptors (Lipinski definition) is 3. The van der Waals surface area contributed by atoms with Crippen LogP contribution in [0.3, 0.4) is 0 Å². The SMILES string of the molecule is CCCN(C1CCCNC1)C(C)c1ccncc1. The van der Waals surface area contributed by atoms with Crippen LogP contribution < -0.4 is 5.32 Å². The van der Waals surface area contributed by atoms with Crippen LogP contribution in [0.15, 0.2) is 24.5 Å². The zero-order chi connectivity index (χ0) is 12.8. The van der Waals surface area contributed by atoms with Gasteiger partial charge in [0.05, 0.1) is 0 Å². The molecule has 1 aliphatic rings. The second kappa shape index (κ2) is 6.86. The van der Waals surface area contributed by atoms with Gasteiger partial charge < -0.3 is 5.32 Å². The average molecular weight is 247 g/mol. The minimum absolute atomic E-state index is 0.484. The summed E-state index contributed by atoms with van der Waals surface area (Å²) in [6.07, 6.45) is 7.63. The molecule has 2 heterocycles. The predicted molar refractivity (Wildman–Crippen MR) is 75.5 cm³/mol. The number of piperidine rings is 1. The second-order valence-corrected chi connectivity index (χ2v) is 5.19. The number of pyridine rings is 1. The Kier molecular flexibility index (Phi) is 5.14. The lowest BCUT2D eigenvalue weighted by molar-refractivity contribution is 0.120. The number of hydrogen-bond donors (Lipinski definition) is 1. The minimum atomic E-state index is 0.484. The molecule has 1 saturated heterocycles. The highest BCUT2D eigenvalue weighted by Crippen LogP contribution is 2.24. The van der Waals surface area contributed by atoms with Crippen LogP contribution in [-0.4, -0.2) is 35.6 Å². The summed E-state index contributed by atoms with van der Waals surface area (Å²) in [4.78, 5) is 6.77. The molecule has 0 spiro atoms. The van der Waals surface area contributed by atoms with E-state index in [2.05, 4.69) is 41.2 Å². The van der Waals surface area contributed by atoms with Crippen LogP contribution in [-0.2, 0) is 0 Å². The van der Waals surface area contributed by atoms with E-state index in [1.165, 1.54) is 37.9 Å². The number of nitrogens with one attached hydrogen (secondary N) is 1. The first-order valence-corrected chi connectivity index (χ1v) is 7.19. The van der Waals surface area contributed by atoms with Gasteiger partial charge in [-0.1, -0.05) is 6.92 Å². The van der Waals surface area contributed by atoms with Crippen molar-refractivity contribution in [1.29, 1.82) is 0 Å². The lowest BCUT2D eigenvalue weighted by Crippen LogP contribution is -2.47. The van der Waals surface area contributed by atoms with E-state index < -0.39 is 0 Å². The monoisotopic (exact) mass is 247 g/mol. The molecular weight excluding hydrogens is 222 g/mol. The first-order chi connectivity index (χ1) is 8.83. The van der Waals surface area contributed by atoms with Gasteiger partial charge in [0.25, 0.3) is 0 Å². The fraction of sp³-hybridized carbons (Fsp3) is 0.667. The van der Waals surface area contributed by atoms with Crippen LogP contribution in [0.5, 0.6) is 0 Å². The Labute approximate surface area is 111 Å². The van der Waals surface area contributed by atoms with E-state index in [4.69, 9.17) is 0 Å². The molecule has 0 saturated carbocycles. The molecule has 1 aliphatic heterocycles. The maximum absolute atomic E-state index is 4.11. The Bertz CT molecular complexity index is 333. The van der Waals surface area contributed by atoms with E-state index in [1.807, 2.05) is 12.4 Å². The molecule has 1 aromatic heterocycles. The van der Waals surface area contributed by atoms with Crippen LogP contribution in [0.2, 0.25) is 0 Å². The topological polar surface area (TPSA) is 28.2 Å². The van der Waals surface area contributed by atoms with Crippen molar-refractivity contribution in [2.75, 3.05) is 19.6 Å². The standard InChI is InChI=1S/C15H25N3/c1-3-11-18(15-5-4-8-17-12-15)13(2)14-6-9-16-10-7-14/h6-7,9-10,13,15,17H,3-5,8,11-12H2,1-2H3. The van der Waals surface area contributed by atoms with Gasteiger partial charge in [-0.3, -0.25) is 9.88 Å². The first-order valence-electron chi connectivity index (χ1n) is 7.19. The van der Waals surface area contributed by atoms with Crippen LogP contribution in [0, 0.1) is 0 Å². The molecular formula is C15H25N3. The summed E-state index contributed by atoms with van der Waals surface area (Å²) in [7, 11) is 0. The molecule has 3 nitrogen and oxygen atoms in total. The van der Waals surface area contributed by atoms with Crippen molar-refractivity contribution in [2.24, 2.45) is 0 Å². The van der Waals surface area contributed by atoms with Gasteiger partial charge in [0.1, 0.15) is 0 Å². The highest BCUT2D eigenvalue weighted by Gasteiger charge is 2.25. The van der Waals surface area contributed by atoms with E-state index in [9.17, 15) is 0 Å². The van der Waals surface area contributed by atoms with Crippen molar-refractivity contribution >= 4 is 0 Å². The Morgan fingerprint density at radius 3 is 2.83 bits per heavy atom. The van der Waals surface area contributed by atoms with Gasteiger partial charge in [-0.15, -0.1) is 0 Å². The maximum Gasteiger partial charge on any atom is 0.0324 e. The van der Waals surface area contributed by atoms with E-state index in [0.29, 0.717) is 12.1 Å². The highest BCUT2D eigenvalue weighted by atomic mass is 15.2.